The van der Waals surface area contributed by atoms with E-state index >= 15 is 0 Å². The van der Waals surface area contributed by atoms with Crippen LogP contribution in [0, 0.1) is 19.8 Å². The van der Waals surface area contributed by atoms with Crippen molar-refractivity contribution < 1.29 is 4.79 Å². The molecular formula is C17H27NO. The van der Waals surface area contributed by atoms with E-state index in [0.717, 1.165) is 5.92 Å². The van der Waals surface area contributed by atoms with Crippen LogP contribution in [0.15, 0.2) is 24.3 Å². The molecule has 106 valence electrons. The summed E-state index contributed by atoms with van der Waals surface area (Å²) in [6, 6.07) is 9.10. The Kier molecular flexibility index (Phi) is 15.0. The lowest BCUT2D eigenvalue weighted by molar-refractivity contribution is -0.0979. The van der Waals surface area contributed by atoms with Crippen LogP contribution in [0.2, 0.25) is 0 Å². The summed E-state index contributed by atoms with van der Waals surface area (Å²) < 4.78 is 0. The molecule has 0 aliphatic heterocycles. The molecule has 0 atom stereocenters. The van der Waals surface area contributed by atoms with Crippen LogP contribution in [0.25, 0.3) is 0 Å². The minimum atomic E-state index is 0.856. The smallest absolute Gasteiger partial charge is 0.106 e. The van der Waals surface area contributed by atoms with E-state index in [1.165, 1.54) is 44.7 Å². The summed E-state index contributed by atoms with van der Waals surface area (Å²) in [5.41, 5.74) is 7.44. The van der Waals surface area contributed by atoms with E-state index in [4.69, 9.17) is 4.79 Å². The molecule has 0 aromatic heterocycles. The Labute approximate surface area is 118 Å². The molecule has 2 heteroatoms. The van der Waals surface area contributed by atoms with Crippen molar-refractivity contribution in [1.82, 2.24) is 0 Å². The average molecular weight is 261 g/mol. The Morgan fingerprint density at radius 1 is 1.00 bits per heavy atom. The topological polar surface area (TPSA) is 43.1 Å². The fraction of sp³-hybridized carbons (Fsp3) is 0.471. The molecule has 2 N–H and O–H groups in total. The number of carbonyl (C=O) groups is 1. The van der Waals surface area contributed by atoms with Gasteiger partial charge < -0.3 is 10.5 Å². The molecule has 1 aromatic rings. The van der Waals surface area contributed by atoms with Gasteiger partial charge in [-0.15, -0.1) is 12.8 Å². The molecule has 1 fully saturated rings. The van der Waals surface area contributed by atoms with Crippen LogP contribution in [0.3, 0.4) is 0 Å². The van der Waals surface area contributed by atoms with Gasteiger partial charge in [0.25, 0.3) is 0 Å². The molecule has 0 saturated heterocycles. The van der Waals surface area contributed by atoms with E-state index in [1.807, 2.05) is 6.79 Å². The fourth-order valence-corrected chi connectivity index (χ4v) is 2.27. The second-order valence-corrected chi connectivity index (χ2v) is 4.25. The maximum absolute atomic E-state index is 8.00. The summed E-state index contributed by atoms with van der Waals surface area (Å²) >= 11 is 0. The van der Waals surface area contributed by atoms with Crippen molar-refractivity contribution in [2.75, 3.05) is 7.05 Å². The van der Waals surface area contributed by atoms with Gasteiger partial charge in [-0.2, -0.15) is 0 Å². The first-order chi connectivity index (χ1) is 9.36. The van der Waals surface area contributed by atoms with Crippen LogP contribution in [-0.4, -0.2) is 13.8 Å². The van der Waals surface area contributed by atoms with Gasteiger partial charge in [0, 0.05) is 0 Å². The normalized spacial score (nSPS) is 13.5. The first-order valence-corrected chi connectivity index (χ1v) is 6.63. The fourth-order valence-electron chi connectivity index (χ4n) is 2.27. The van der Waals surface area contributed by atoms with Gasteiger partial charge >= 0.3 is 0 Å². The molecular weight excluding hydrogens is 234 g/mol. The SMILES string of the molecule is C#C.C=O.CN.Cc1ccc(C2CCCCC2)cc1. The summed E-state index contributed by atoms with van der Waals surface area (Å²) in [4.78, 5) is 8.00. The molecule has 1 aliphatic carbocycles. The van der Waals surface area contributed by atoms with Crippen molar-refractivity contribution in [3.63, 3.8) is 0 Å². The quantitative estimate of drug-likeness (QED) is 0.784. The van der Waals surface area contributed by atoms with E-state index in [9.17, 15) is 0 Å². The van der Waals surface area contributed by atoms with E-state index < -0.39 is 0 Å². The lowest BCUT2D eigenvalue weighted by atomic mass is 9.84. The number of terminal acetylenes is 1. The lowest BCUT2D eigenvalue weighted by Crippen LogP contribution is -2.04. The van der Waals surface area contributed by atoms with Crippen LogP contribution >= 0.6 is 0 Å². The highest BCUT2D eigenvalue weighted by atomic mass is 16.1. The van der Waals surface area contributed by atoms with Crippen LogP contribution < -0.4 is 5.73 Å². The highest BCUT2D eigenvalue weighted by molar-refractivity contribution is 5.24. The molecule has 19 heavy (non-hydrogen) atoms. The maximum Gasteiger partial charge on any atom is 0.106 e. The summed E-state index contributed by atoms with van der Waals surface area (Å²) in [7, 11) is 1.50. The van der Waals surface area contributed by atoms with E-state index in [-0.39, 0.29) is 0 Å². The average Bonchev–Trinajstić information content (AvgIpc) is 2.55. The monoisotopic (exact) mass is 261 g/mol. The molecule has 0 radical (unpaired) electrons. The molecule has 2 nitrogen and oxygen atoms in total. The van der Waals surface area contributed by atoms with Gasteiger partial charge in [-0.1, -0.05) is 49.1 Å². The van der Waals surface area contributed by atoms with E-state index in [1.54, 1.807) is 5.56 Å². The number of hydrogen-bond donors (Lipinski definition) is 1. The molecule has 2 rings (SSSR count). The summed E-state index contributed by atoms with van der Waals surface area (Å²) in [5.74, 6) is 0.856. The summed E-state index contributed by atoms with van der Waals surface area (Å²) in [5, 5.41) is 0. The maximum atomic E-state index is 8.00. The van der Waals surface area contributed by atoms with Crippen LogP contribution in [0.4, 0.5) is 0 Å². The molecule has 1 aromatic carbocycles. The second-order valence-electron chi connectivity index (χ2n) is 4.25. The summed E-state index contributed by atoms with van der Waals surface area (Å²) in [6.45, 7) is 4.16. The third kappa shape index (κ3) is 8.18. The van der Waals surface area contributed by atoms with E-state index in [0.29, 0.717) is 0 Å². The van der Waals surface area contributed by atoms with Gasteiger partial charge in [0.1, 0.15) is 6.79 Å². The van der Waals surface area contributed by atoms with Gasteiger partial charge in [-0.25, -0.2) is 0 Å². The zero-order chi connectivity index (χ0) is 15.1. The van der Waals surface area contributed by atoms with Crippen molar-refractivity contribution in [2.24, 2.45) is 5.73 Å². The predicted octanol–water partition coefficient (Wildman–Crippen LogP) is 3.68. The third-order valence-electron chi connectivity index (χ3n) is 3.15. The first kappa shape index (κ1) is 19.7. The van der Waals surface area contributed by atoms with Gasteiger partial charge in [0.15, 0.2) is 0 Å². The second kappa shape index (κ2) is 14.5. The lowest BCUT2D eigenvalue weighted by Gasteiger charge is -2.21. The summed E-state index contributed by atoms with van der Waals surface area (Å²) in [6.07, 6.45) is 15.1. The van der Waals surface area contributed by atoms with Crippen molar-refractivity contribution in [2.45, 2.75) is 44.9 Å². The minimum absolute atomic E-state index is 0.856. The molecule has 0 unspecified atom stereocenters. The van der Waals surface area contributed by atoms with Crippen molar-refractivity contribution >= 4 is 6.79 Å². The van der Waals surface area contributed by atoms with Gasteiger partial charge in [0.2, 0.25) is 0 Å². The van der Waals surface area contributed by atoms with Crippen LogP contribution in [0.1, 0.15) is 49.1 Å². The Balaban J connectivity index is 0. The molecule has 0 amide bonds. The Bertz CT molecular complexity index is 310. The molecule has 1 saturated carbocycles. The Morgan fingerprint density at radius 2 is 1.42 bits per heavy atom. The number of nitrogens with two attached hydrogens (primary N) is 1. The first-order valence-electron chi connectivity index (χ1n) is 6.63. The molecule has 0 bridgehead atoms. The number of benzene rings is 1. The zero-order valence-electron chi connectivity index (χ0n) is 12.3. The van der Waals surface area contributed by atoms with Crippen molar-refractivity contribution in [3.05, 3.63) is 35.4 Å². The van der Waals surface area contributed by atoms with Gasteiger partial charge in [0.05, 0.1) is 0 Å². The highest BCUT2D eigenvalue weighted by Crippen LogP contribution is 2.32. The Morgan fingerprint density at radius 3 is 1.84 bits per heavy atom. The van der Waals surface area contributed by atoms with Crippen LogP contribution in [0.5, 0.6) is 0 Å². The zero-order valence-corrected chi connectivity index (χ0v) is 12.3. The van der Waals surface area contributed by atoms with Crippen molar-refractivity contribution in [1.29, 1.82) is 0 Å². The van der Waals surface area contributed by atoms with E-state index in [2.05, 4.69) is 49.8 Å². The number of aryl methyl sites for hydroxylation is 1. The highest BCUT2D eigenvalue weighted by Gasteiger charge is 2.14. The van der Waals surface area contributed by atoms with Gasteiger partial charge in [-0.05, 0) is 38.3 Å². The van der Waals surface area contributed by atoms with Crippen molar-refractivity contribution in [3.8, 4) is 12.8 Å². The minimum Gasteiger partial charge on any atom is -0.333 e. The standard InChI is InChI=1S/C13H18.C2H2.CH5N.CH2O/c1-11-7-9-13(10-8-11)12-5-3-2-4-6-12;3*1-2/h7-10,12H,2-6H2,1H3;1-2H;2H2,1H3;1H2. The largest absolute Gasteiger partial charge is 0.333 e. The van der Waals surface area contributed by atoms with Crippen LogP contribution in [-0.2, 0) is 4.79 Å². The number of hydrogen-bond acceptors (Lipinski definition) is 2. The number of rotatable bonds is 1. The predicted molar refractivity (Wildman–Crippen MR) is 84.1 cm³/mol. The molecule has 0 heterocycles. The number of carbonyl (C=O) groups excluding carboxylic acids is 1. The van der Waals surface area contributed by atoms with Gasteiger partial charge in [-0.3, -0.25) is 0 Å². The molecule has 0 spiro atoms. The molecule has 1 aliphatic rings. The Hall–Kier alpha value is -1.59. The third-order valence-corrected chi connectivity index (χ3v) is 3.15.